The Labute approximate surface area is 128 Å². The van der Waals surface area contributed by atoms with Crippen LogP contribution in [0.4, 0.5) is 0 Å². The predicted molar refractivity (Wildman–Crippen MR) is 74.2 cm³/mol. The molecule has 0 aromatic carbocycles. The highest BCUT2D eigenvalue weighted by molar-refractivity contribution is 5.88. The van der Waals surface area contributed by atoms with E-state index in [0.717, 1.165) is 19.3 Å². The molecule has 0 aliphatic heterocycles. The molecule has 0 heterocycles. The first-order valence-electron chi connectivity index (χ1n) is 7.00. The fourth-order valence-electron chi connectivity index (χ4n) is 1.77. The lowest BCUT2D eigenvalue weighted by Gasteiger charge is -2.20. The predicted octanol–water partition coefficient (Wildman–Crippen LogP) is 0.750. The molecule has 8 nitrogen and oxygen atoms in total. The van der Waals surface area contributed by atoms with Gasteiger partial charge in [-0.05, 0) is 19.8 Å². The van der Waals surface area contributed by atoms with Crippen molar-refractivity contribution in [1.29, 1.82) is 0 Å². The third kappa shape index (κ3) is 9.06. The molecule has 0 saturated heterocycles. The number of unbranched alkanes of at least 4 members (excludes halogenated alkanes) is 3. The molecule has 0 spiro atoms. The van der Waals surface area contributed by atoms with Crippen molar-refractivity contribution in [2.45, 2.75) is 57.5 Å². The SMILES string of the molecule is CC(=O)CCCCCCOC(=O)CC(O)(CC(=O)O)C(=O)O. The Balaban J connectivity index is 3.99. The van der Waals surface area contributed by atoms with Gasteiger partial charge in [0.05, 0.1) is 19.4 Å². The number of hydrogen-bond donors (Lipinski definition) is 3. The van der Waals surface area contributed by atoms with Crippen LogP contribution in [0.25, 0.3) is 0 Å². The average Bonchev–Trinajstić information content (AvgIpc) is 2.35. The van der Waals surface area contributed by atoms with Crippen LogP contribution >= 0.6 is 0 Å². The molecule has 22 heavy (non-hydrogen) atoms. The second-order valence-corrected chi connectivity index (χ2v) is 5.17. The lowest BCUT2D eigenvalue weighted by Crippen LogP contribution is -2.43. The Hall–Kier alpha value is -1.96. The van der Waals surface area contributed by atoms with Crippen LogP contribution in [0, 0.1) is 0 Å². The number of ketones is 1. The Bertz CT molecular complexity index is 417. The maximum atomic E-state index is 11.4. The standard InChI is InChI=1S/C14H22O8/c1-10(15)6-4-2-3-5-7-22-12(18)9-14(21,13(19)20)8-11(16)17/h21H,2-9H2,1H3,(H,16,17)(H,19,20). The molecule has 0 fully saturated rings. The molecule has 0 aliphatic carbocycles. The van der Waals surface area contributed by atoms with Gasteiger partial charge in [-0.25, -0.2) is 4.79 Å². The Morgan fingerprint density at radius 1 is 0.955 bits per heavy atom. The van der Waals surface area contributed by atoms with Gasteiger partial charge < -0.3 is 24.9 Å². The molecule has 0 amide bonds. The summed E-state index contributed by atoms with van der Waals surface area (Å²) in [5, 5.41) is 27.0. The molecule has 0 bridgehead atoms. The molecule has 0 aromatic heterocycles. The van der Waals surface area contributed by atoms with Crippen molar-refractivity contribution in [3.8, 4) is 0 Å². The summed E-state index contributed by atoms with van der Waals surface area (Å²) in [6, 6.07) is 0. The number of carboxylic acid groups (broad SMARTS) is 2. The van der Waals surface area contributed by atoms with E-state index in [9.17, 15) is 24.3 Å². The summed E-state index contributed by atoms with van der Waals surface area (Å²) in [4.78, 5) is 43.5. The highest BCUT2D eigenvalue weighted by Gasteiger charge is 2.41. The van der Waals surface area contributed by atoms with E-state index in [1.165, 1.54) is 6.92 Å². The van der Waals surface area contributed by atoms with Crippen molar-refractivity contribution in [2.24, 2.45) is 0 Å². The Morgan fingerprint density at radius 2 is 1.55 bits per heavy atom. The number of carbonyl (C=O) groups is 4. The van der Waals surface area contributed by atoms with E-state index in [0.29, 0.717) is 12.8 Å². The van der Waals surface area contributed by atoms with E-state index >= 15 is 0 Å². The maximum Gasteiger partial charge on any atom is 0.336 e. The number of hydrogen-bond acceptors (Lipinski definition) is 6. The molecule has 0 radical (unpaired) electrons. The molecule has 0 aromatic rings. The van der Waals surface area contributed by atoms with Crippen LogP contribution in [0.3, 0.4) is 0 Å². The summed E-state index contributed by atoms with van der Waals surface area (Å²) < 4.78 is 4.77. The van der Waals surface area contributed by atoms with Gasteiger partial charge in [0.2, 0.25) is 0 Å². The number of rotatable bonds is 12. The molecule has 126 valence electrons. The maximum absolute atomic E-state index is 11.4. The van der Waals surface area contributed by atoms with Gasteiger partial charge in [-0.1, -0.05) is 12.8 Å². The van der Waals surface area contributed by atoms with Crippen molar-refractivity contribution < 1.29 is 39.2 Å². The van der Waals surface area contributed by atoms with Crippen molar-refractivity contribution in [1.82, 2.24) is 0 Å². The molecule has 0 aliphatic rings. The van der Waals surface area contributed by atoms with Crippen molar-refractivity contribution in [2.75, 3.05) is 6.61 Å². The first-order valence-corrected chi connectivity index (χ1v) is 7.00. The molecule has 1 atom stereocenters. The van der Waals surface area contributed by atoms with Crippen LogP contribution in [0.2, 0.25) is 0 Å². The van der Waals surface area contributed by atoms with Crippen LogP contribution in [0.1, 0.15) is 51.9 Å². The van der Waals surface area contributed by atoms with Gasteiger partial charge in [-0.15, -0.1) is 0 Å². The van der Waals surface area contributed by atoms with E-state index in [1.54, 1.807) is 0 Å². The van der Waals surface area contributed by atoms with E-state index in [-0.39, 0.29) is 12.4 Å². The van der Waals surface area contributed by atoms with Gasteiger partial charge >= 0.3 is 17.9 Å². The number of Topliss-reactive ketones (excluding diaryl/α,β-unsaturated/α-hetero) is 1. The van der Waals surface area contributed by atoms with E-state index in [4.69, 9.17) is 14.9 Å². The van der Waals surface area contributed by atoms with E-state index in [2.05, 4.69) is 0 Å². The number of carboxylic acids is 2. The second kappa shape index (κ2) is 9.88. The average molecular weight is 318 g/mol. The van der Waals surface area contributed by atoms with Crippen molar-refractivity contribution >= 4 is 23.7 Å². The van der Waals surface area contributed by atoms with Gasteiger partial charge in [0, 0.05) is 6.42 Å². The minimum absolute atomic E-state index is 0.0572. The number of ether oxygens (including phenoxy) is 1. The Kier molecular flexibility index (Phi) is 9.00. The van der Waals surface area contributed by atoms with Gasteiger partial charge in [0.1, 0.15) is 5.78 Å². The van der Waals surface area contributed by atoms with E-state index < -0.39 is 36.4 Å². The number of esters is 1. The highest BCUT2D eigenvalue weighted by atomic mass is 16.5. The molecule has 1 unspecified atom stereocenters. The topological polar surface area (TPSA) is 138 Å². The van der Waals surface area contributed by atoms with Gasteiger partial charge in [0.25, 0.3) is 0 Å². The van der Waals surface area contributed by atoms with Crippen LogP contribution < -0.4 is 0 Å². The van der Waals surface area contributed by atoms with Gasteiger partial charge in [-0.2, -0.15) is 0 Å². The summed E-state index contributed by atoms with van der Waals surface area (Å²) in [5.74, 6) is -4.15. The Morgan fingerprint density at radius 3 is 2.05 bits per heavy atom. The molecule has 0 saturated carbocycles. The smallest absolute Gasteiger partial charge is 0.336 e. The van der Waals surface area contributed by atoms with Gasteiger partial charge in [-0.3, -0.25) is 9.59 Å². The third-order valence-electron chi connectivity index (χ3n) is 2.96. The zero-order valence-electron chi connectivity index (χ0n) is 12.5. The largest absolute Gasteiger partial charge is 0.481 e. The summed E-state index contributed by atoms with van der Waals surface area (Å²) in [6.07, 6.45) is 1.39. The monoisotopic (exact) mass is 318 g/mol. The van der Waals surface area contributed by atoms with Crippen LogP contribution in [0.15, 0.2) is 0 Å². The molecule has 0 rings (SSSR count). The van der Waals surface area contributed by atoms with Crippen LogP contribution in [-0.2, 0) is 23.9 Å². The molecule has 3 N–H and O–H groups in total. The van der Waals surface area contributed by atoms with Crippen molar-refractivity contribution in [3.05, 3.63) is 0 Å². The van der Waals surface area contributed by atoms with Crippen LogP contribution in [-0.4, -0.2) is 51.2 Å². The second-order valence-electron chi connectivity index (χ2n) is 5.17. The fraction of sp³-hybridized carbons (Fsp3) is 0.714. The number of aliphatic carboxylic acids is 2. The summed E-state index contributed by atoms with van der Waals surface area (Å²) >= 11 is 0. The summed E-state index contributed by atoms with van der Waals surface area (Å²) in [5.41, 5.74) is -2.66. The minimum Gasteiger partial charge on any atom is -0.481 e. The molecule has 8 heteroatoms. The minimum atomic E-state index is -2.66. The first kappa shape index (κ1) is 20.0. The lowest BCUT2D eigenvalue weighted by molar-refractivity contribution is -0.172. The normalized spacial score (nSPS) is 13.2. The van der Waals surface area contributed by atoms with Crippen LogP contribution in [0.5, 0.6) is 0 Å². The van der Waals surface area contributed by atoms with E-state index in [1.807, 2.05) is 0 Å². The molecular weight excluding hydrogens is 296 g/mol. The summed E-state index contributed by atoms with van der Waals surface area (Å²) in [7, 11) is 0. The van der Waals surface area contributed by atoms with Gasteiger partial charge in [0.15, 0.2) is 5.60 Å². The first-order chi connectivity index (χ1) is 10.2. The highest BCUT2D eigenvalue weighted by Crippen LogP contribution is 2.17. The quantitative estimate of drug-likeness (QED) is 0.354. The van der Waals surface area contributed by atoms with Crippen molar-refractivity contribution in [3.63, 3.8) is 0 Å². The molecular formula is C14H22O8. The zero-order chi connectivity index (χ0) is 17.2. The lowest BCUT2D eigenvalue weighted by atomic mass is 9.96. The zero-order valence-corrected chi connectivity index (χ0v) is 12.5. The summed E-state index contributed by atoms with van der Waals surface area (Å²) in [6.45, 7) is 1.57. The fourth-order valence-corrected chi connectivity index (χ4v) is 1.77. The number of aliphatic hydroxyl groups is 1. The third-order valence-corrected chi connectivity index (χ3v) is 2.96. The number of carbonyl (C=O) groups excluding carboxylic acids is 2.